The van der Waals surface area contributed by atoms with Gasteiger partial charge in [0.2, 0.25) is 0 Å². The molecule has 0 N–H and O–H groups in total. The number of thiazole rings is 1. The van der Waals surface area contributed by atoms with Crippen LogP contribution in [0, 0.1) is 0 Å². The molecule has 0 spiro atoms. The Morgan fingerprint density at radius 1 is 1.25 bits per heavy atom. The third kappa shape index (κ3) is 3.94. The summed E-state index contributed by atoms with van der Waals surface area (Å²) in [7, 11) is -3.30. The zero-order chi connectivity index (χ0) is 19.7. The molecule has 8 heteroatoms. The molecule has 0 radical (unpaired) electrons. The summed E-state index contributed by atoms with van der Waals surface area (Å²) < 4.78 is 30.2. The number of sulfone groups is 1. The van der Waals surface area contributed by atoms with Gasteiger partial charge in [0.05, 0.1) is 27.8 Å². The first-order valence-electron chi connectivity index (χ1n) is 9.01. The molecule has 0 unspecified atom stereocenters. The van der Waals surface area contributed by atoms with Gasteiger partial charge in [-0.3, -0.25) is 9.69 Å². The van der Waals surface area contributed by atoms with Crippen molar-refractivity contribution in [2.24, 2.45) is 0 Å². The maximum absolute atomic E-state index is 13.2. The predicted molar refractivity (Wildman–Crippen MR) is 110 cm³/mol. The molecule has 2 heterocycles. The Morgan fingerprint density at radius 2 is 2.04 bits per heavy atom. The molecule has 3 aromatic rings. The molecule has 0 bridgehead atoms. The van der Waals surface area contributed by atoms with Gasteiger partial charge in [-0.1, -0.05) is 29.5 Å². The number of aromatic nitrogens is 1. The highest BCUT2D eigenvalue weighted by atomic mass is 32.2. The fraction of sp³-hybridized carbons (Fsp3) is 0.300. The van der Waals surface area contributed by atoms with Crippen LogP contribution in [0.1, 0.15) is 23.2 Å². The van der Waals surface area contributed by atoms with Crippen LogP contribution >= 0.6 is 11.3 Å². The number of carbonyl (C=O) groups excluding carboxylic acids is 1. The smallest absolute Gasteiger partial charge is 0.260 e. The van der Waals surface area contributed by atoms with Gasteiger partial charge in [-0.15, -0.1) is 0 Å². The summed E-state index contributed by atoms with van der Waals surface area (Å²) in [4.78, 5) is 19.7. The van der Waals surface area contributed by atoms with Crippen LogP contribution in [0.5, 0.6) is 0 Å². The molecule has 1 atom stereocenters. The van der Waals surface area contributed by atoms with E-state index in [-0.39, 0.29) is 16.9 Å². The van der Waals surface area contributed by atoms with Gasteiger partial charge in [-0.05, 0) is 43.2 Å². The number of hydrogen-bond acceptors (Lipinski definition) is 6. The van der Waals surface area contributed by atoms with Crippen molar-refractivity contribution in [2.45, 2.75) is 23.8 Å². The number of fused-ring (bicyclic) bond motifs is 1. The number of anilines is 1. The molecule has 6 nitrogen and oxygen atoms in total. The van der Waals surface area contributed by atoms with Crippen molar-refractivity contribution in [1.29, 1.82) is 0 Å². The number of carbonyl (C=O) groups is 1. The SMILES string of the molecule is CS(=O)(=O)c1ccc2nc(N(C[C@@H]3CCCO3)C(=O)c3ccccc3)sc2c1. The maximum atomic E-state index is 13.2. The van der Waals surface area contributed by atoms with Gasteiger partial charge in [-0.2, -0.15) is 0 Å². The van der Waals surface area contributed by atoms with E-state index in [0.29, 0.717) is 29.4 Å². The Balaban J connectivity index is 1.73. The van der Waals surface area contributed by atoms with Crippen molar-refractivity contribution in [1.82, 2.24) is 4.98 Å². The molecule has 0 aliphatic carbocycles. The number of hydrogen-bond donors (Lipinski definition) is 0. The van der Waals surface area contributed by atoms with Gasteiger partial charge < -0.3 is 4.74 Å². The van der Waals surface area contributed by atoms with Crippen LogP contribution in [0.25, 0.3) is 10.2 Å². The minimum Gasteiger partial charge on any atom is -0.376 e. The van der Waals surface area contributed by atoms with Crippen molar-refractivity contribution in [3.8, 4) is 0 Å². The van der Waals surface area contributed by atoms with Gasteiger partial charge in [-0.25, -0.2) is 13.4 Å². The second kappa shape index (κ2) is 7.62. The van der Waals surface area contributed by atoms with Crippen LogP contribution in [0.3, 0.4) is 0 Å². The average Bonchev–Trinajstić information content (AvgIpc) is 3.34. The van der Waals surface area contributed by atoms with Crippen LogP contribution < -0.4 is 4.90 Å². The molecule has 1 aromatic heterocycles. The van der Waals surface area contributed by atoms with Crippen LogP contribution in [-0.2, 0) is 14.6 Å². The first kappa shape index (κ1) is 19.0. The van der Waals surface area contributed by atoms with E-state index in [4.69, 9.17) is 4.74 Å². The molecule has 146 valence electrons. The zero-order valence-electron chi connectivity index (χ0n) is 15.4. The number of nitrogens with zero attached hydrogens (tertiary/aromatic N) is 2. The maximum Gasteiger partial charge on any atom is 0.260 e. The fourth-order valence-corrected chi connectivity index (χ4v) is 4.95. The van der Waals surface area contributed by atoms with Crippen LogP contribution in [0.15, 0.2) is 53.4 Å². The normalized spacial score (nSPS) is 17.1. The highest BCUT2D eigenvalue weighted by Crippen LogP contribution is 2.32. The lowest BCUT2D eigenvalue weighted by Gasteiger charge is -2.23. The monoisotopic (exact) mass is 416 g/mol. The number of ether oxygens (including phenoxy) is 1. The lowest BCUT2D eigenvalue weighted by atomic mass is 10.2. The first-order valence-corrected chi connectivity index (χ1v) is 11.7. The molecular weight excluding hydrogens is 396 g/mol. The topological polar surface area (TPSA) is 76.6 Å². The van der Waals surface area contributed by atoms with Crippen molar-refractivity contribution in [3.63, 3.8) is 0 Å². The average molecular weight is 417 g/mol. The number of rotatable bonds is 5. The molecule has 1 fully saturated rings. The number of benzene rings is 2. The Bertz CT molecular complexity index is 1100. The third-order valence-electron chi connectivity index (χ3n) is 4.68. The molecule has 1 saturated heterocycles. The molecule has 2 aromatic carbocycles. The van der Waals surface area contributed by atoms with Crippen LogP contribution in [-0.4, -0.2) is 44.8 Å². The molecule has 1 aliphatic rings. The van der Waals surface area contributed by atoms with Crippen molar-refractivity contribution >= 4 is 42.4 Å². The lowest BCUT2D eigenvalue weighted by Crippen LogP contribution is -2.37. The summed E-state index contributed by atoms with van der Waals surface area (Å²) in [6.07, 6.45) is 3.04. The van der Waals surface area contributed by atoms with Gasteiger partial charge in [0.15, 0.2) is 15.0 Å². The second-order valence-electron chi connectivity index (χ2n) is 6.81. The van der Waals surface area contributed by atoms with E-state index in [0.717, 1.165) is 17.5 Å². The summed E-state index contributed by atoms with van der Waals surface area (Å²) in [5, 5.41) is 0.546. The van der Waals surface area contributed by atoms with Gasteiger partial charge >= 0.3 is 0 Å². The molecule has 1 amide bonds. The second-order valence-corrected chi connectivity index (χ2v) is 9.84. The van der Waals surface area contributed by atoms with Crippen molar-refractivity contribution in [3.05, 3.63) is 54.1 Å². The first-order chi connectivity index (χ1) is 13.4. The molecule has 0 saturated carbocycles. The van der Waals surface area contributed by atoms with Crippen molar-refractivity contribution in [2.75, 3.05) is 24.3 Å². The summed E-state index contributed by atoms with van der Waals surface area (Å²) in [5.74, 6) is -0.140. The van der Waals surface area contributed by atoms with E-state index in [1.54, 1.807) is 35.2 Å². The minimum atomic E-state index is -3.30. The standard InChI is InChI=1S/C20H20N2O4S2/c1-28(24,25)16-9-10-17-18(12-16)27-20(21-17)22(13-15-8-5-11-26-15)19(23)14-6-3-2-4-7-14/h2-4,6-7,9-10,12,15H,5,8,11,13H2,1H3/t15-/m0/s1. The Kier molecular flexibility index (Phi) is 5.18. The predicted octanol–water partition coefficient (Wildman–Crippen LogP) is 3.53. The van der Waals surface area contributed by atoms with Gasteiger partial charge in [0, 0.05) is 18.4 Å². The molecule has 1 aliphatic heterocycles. The van der Waals surface area contributed by atoms with E-state index < -0.39 is 9.84 Å². The summed E-state index contributed by atoms with van der Waals surface area (Å²) in [6, 6.07) is 13.9. The fourth-order valence-electron chi connectivity index (χ4n) is 3.22. The summed E-state index contributed by atoms with van der Waals surface area (Å²) in [6.45, 7) is 1.13. The van der Waals surface area contributed by atoms with E-state index >= 15 is 0 Å². The van der Waals surface area contributed by atoms with Crippen LogP contribution in [0.4, 0.5) is 5.13 Å². The highest BCUT2D eigenvalue weighted by molar-refractivity contribution is 7.90. The van der Waals surface area contributed by atoms with E-state index in [1.807, 2.05) is 18.2 Å². The zero-order valence-corrected chi connectivity index (χ0v) is 17.0. The van der Waals surface area contributed by atoms with E-state index in [9.17, 15) is 13.2 Å². The Labute approximate surface area is 167 Å². The minimum absolute atomic E-state index is 0.0220. The van der Waals surface area contributed by atoms with Crippen LogP contribution in [0.2, 0.25) is 0 Å². The molecular formula is C20H20N2O4S2. The molecule has 28 heavy (non-hydrogen) atoms. The highest BCUT2D eigenvalue weighted by Gasteiger charge is 2.27. The van der Waals surface area contributed by atoms with E-state index in [1.165, 1.54) is 17.6 Å². The van der Waals surface area contributed by atoms with Crippen molar-refractivity contribution < 1.29 is 17.9 Å². The van der Waals surface area contributed by atoms with E-state index in [2.05, 4.69) is 4.98 Å². The summed E-state index contributed by atoms with van der Waals surface area (Å²) in [5.41, 5.74) is 1.25. The molecule has 4 rings (SSSR count). The van der Waals surface area contributed by atoms with Gasteiger partial charge in [0.1, 0.15) is 0 Å². The third-order valence-corrected chi connectivity index (χ3v) is 6.84. The summed E-state index contributed by atoms with van der Waals surface area (Å²) >= 11 is 1.32. The van der Waals surface area contributed by atoms with Gasteiger partial charge in [0.25, 0.3) is 5.91 Å². The number of amides is 1. The quantitative estimate of drug-likeness (QED) is 0.636. The largest absolute Gasteiger partial charge is 0.376 e. The Morgan fingerprint density at radius 3 is 2.71 bits per heavy atom. The lowest BCUT2D eigenvalue weighted by molar-refractivity contribution is 0.0917. The Hall–Kier alpha value is -2.29.